The molecular formula is C29H43FN6O3S. The smallest absolute Gasteiger partial charge is 0.222 e. The maximum absolute atomic E-state index is 13.7. The molecule has 2 saturated heterocycles. The number of aromatic nitrogens is 2. The van der Waals surface area contributed by atoms with Gasteiger partial charge in [0.25, 0.3) is 0 Å². The highest BCUT2D eigenvalue weighted by Gasteiger charge is 2.32. The van der Waals surface area contributed by atoms with Crippen molar-refractivity contribution in [3.05, 3.63) is 40.6 Å². The summed E-state index contributed by atoms with van der Waals surface area (Å²) in [7, 11) is 0.594. The summed E-state index contributed by atoms with van der Waals surface area (Å²) in [6, 6.07) is 6.15. The molecule has 0 radical (unpaired) electrons. The van der Waals surface area contributed by atoms with Crippen LogP contribution in [-0.4, -0.2) is 102 Å². The van der Waals surface area contributed by atoms with Gasteiger partial charge in [-0.15, -0.1) is 0 Å². The van der Waals surface area contributed by atoms with Gasteiger partial charge >= 0.3 is 0 Å². The molecule has 40 heavy (non-hydrogen) atoms. The Labute approximate surface area is 238 Å². The van der Waals surface area contributed by atoms with Crippen molar-refractivity contribution in [1.29, 1.82) is 0 Å². The van der Waals surface area contributed by atoms with Crippen molar-refractivity contribution in [3.8, 4) is 11.3 Å². The van der Waals surface area contributed by atoms with E-state index in [0.717, 1.165) is 86.5 Å². The number of hydrogen-bond acceptors (Lipinski definition) is 6. The Morgan fingerprint density at radius 1 is 1.05 bits per heavy atom. The number of hydrogen-bond donors (Lipinski definition) is 0. The fourth-order valence-corrected chi connectivity index (χ4v) is 7.30. The highest BCUT2D eigenvalue weighted by Crippen LogP contribution is 2.33. The zero-order valence-electron chi connectivity index (χ0n) is 24.1. The Kier molecular flexibility index (Phi) is 8.94. The highest BCUT2D eigenvalue weighted by molar-refractivity contribution is 7.88. The normalized spacial score (nSPS) is 19.6. The number of rotatable bonds is 10. The number of aryl methyl sites for hydroxylation is 1. The SMILES string of the molecule is CN(C)Cc1cc(-c2nn(CCCN3CCC(N4CCCC4=O)CC3)c3c2CN(S(C)(=O)=O)CC3)ccc1CF. The number of piperidine rings is 1. The zero-order valence-corrected chi connectivity index (χ0v) is 24.9. The summed E-state index contributed by atoms with van der Waals surface area (Å²) in [6.07, 6.45) is 6.61. The zero-order chi connectivity index (χ0) is 28.4. The van der Waals surface area contributed by atoms with Crippen LogP contribution >= 0.6 is 0 Å². The lowest BCUT2D eigenvalue weighted by molar-refractivity contribution is -0.130. The summed E-state index contributed by atoms with van der Waals surface area (Å²) in [5.74, 6) is 0.320. The molecule has 0 atom stereocenters. The third kappa shape index (κ3) is 6.42. The standard InChI is InChI=1S/C29H43FN6O3S/c1-32(2)20-24-18-22(7-8-23(24)19-30)29-26-21-34(40(3,38)39)17-11-27(26)36(31-29)14-5-12-33-15-9-25(10-16-33)35-13-4-6-28(35)37/h7-8,18,25H,4-6,9-17,19-21H2,1-3H3. The first-order chi connectivity index (χ1) is 19.1. The molecule has 0 unspecified atom stereocenters. The van der Waals surface area contributed by atoms with Gasteiger partial charge in [0, 0.05) is 81.5 Å². The predicted molar refractivity (Wildman–Crippen MR) is 154 cm³/mol. The third-order valence-electron chi connectivity index (χ3n) is 8.63. The van der Waals surface area contributed by atoms with E-state index in [4.69, 9.17) is 5.10 Å². The molecular weight excluding hydrogens is 531 g/mol. The van der Waals surface area contributed by atoms with Crippen molar-refractivity contribution < 1.29 is 17.6 Å². The molecule has 0 N–H and O–H groups in total. The quantitative estimate of drug-likeness (QED) is 0.434. The second-order valence-electron chi connectivity index (χ2n) is 11.8. The molecule has 2 fully saturated rings. The third-order valence-corrected chi connectivity index (χ3v) is 9.88. The van der Waals surface area contributed by atoms with Gasteiger partial charge in [-0.3, -0.25) is 9.48 Å². The molecule has 220 valence electrons. The fraction of sp³-hybridized carbons (Fsp3) is 0.655. The topological polar surface area (TPSA) is 82.0 Å². The van der Waals surface area contributed by atoms with E-state index >= 15 is 0 Å². The first kappa shape index (κ1) is 29.2. The van der Waals surface area contributed by atoms with Crippen LogP contribution in [0.5, 0.6) is 0 Å². The number of alkyl halides is 1. The molecule has 5 rings (SSSR count). The van der Waals surface area contributed by atoms with Crippen molar-refractivity contribution in [2.24, 2.45) is 0 Å². The minimum Gasteiger partial charge on any atom is -0.340 e. The van der Waals surface area contributed by atoms with E-state index in [0.29, 0.717) is 50.0 Å². The largest absolute Gasteiger partial charge is 0.340 e. The fourth-order valence-electron chi connectivity index (χ4n) is 6.51. The van der Waals surface area contributed by atoms with Gasteiger partial charge in [0.1, 0.15) is 6.67 Å². The van der Waals surface area contributed by atoms with E-state index in [-0.39, 0.29) is 0 Å². The summed E-state index contributed by atoms with van der Waals surface area (Å²) in [4.78, 5) is 18.7. The lowest BCUT2D eigenvalue weighted by Gasteiger charge is -2.36. The average Bonchev–Trinajstić information content (AvgIpc) is 3.51. The van der Waals surface area contributed by atoms with Crippen LogP contribution in [-0.2, 0) is 47.5 Å². The van der Waals surface area contributed by atoms with E-state index < -0.39 is 16.7 Å². The second kappa shape index (κ2) is 12.3. The van der Waals surface area contributed by atoms with Gasteiger partial charge in [-0.2, -0.15) is 9.40 Å². The molecule has 4 heterocycles. The average molecular weight is 575 g/mol. The summed E-state index contributed by atoms with van der Waals surface area (Å²) in [5.41, 5.74) is 5.34. The second-order valence-corrected chi connectivity index (χ2v) is 13.8. The van der Waals surface area contributed by atoms with Crippen molar-refractivity contribution in [2.45, 2.75) is 70.9 Å². The molecule has 11 heteroatoms. The van der Waals surface area contributed by atoms with Crippen LogP contribution in [0.15, 0.2) is 18.2 Å². The van der Waals surface area contributed by atoms with Gasteiger partial charge in [-0.25, -0.2) is 12.8 Å². The van der Waals surface area contributed by atoms with Crippen LogP contribution in [0, 0.1) is 0 Å². The van der Waals surface area contributed by atoms with Gasteiger partial charge in [-0.1, -0.05) is 12.1 Å². The number of fused-ring (bicyclic) bond motifs is 1. The van der Waals surface area contributed by atoms with Crippen LogP contribution in [0.4, 0.5) is 4.39 Å². The van der Waals surface area contributed by atoms with Gasteiger partial charge < -0.3 is 14.7 Å². The van der Waals surface area contributed by atoms with Gasteiger partial charge in [0.2, 0.25) is 15.9 Å². The van der Waals surface area contributed by atoms with Crippen LogP contribution in [0.1, 0.15) is 54.5 Å². The summed E-state index contributed by atoms with van der Waals surface area (Å²) < 4.78 is 42.1. The summed E-state index contributed by atoms with van der Waals surface area (Å²) in [6.45, 7) is 5.52. The number of halogens is 1. The number of likely N-dealkylation sites (tertiary alicyclic amines) is 2. The van der Waals surface area contributed by atoms with E-state index in [2.05, 4.69) is 14.5 Å². The van der Waals surface area contributed by atoms with Crippen LogP contribution in [0.3, 0.4) is 0 Å². The molecule has 0 spiro atoms. The molecule has 3 aliphatic rings. The number of sulfonamides is 1. The van der Waals surface area contributed by atoms with Gasteiger partial charge in [0.15, 0.2) is 0 Å². The Bertz CT molecular complexity index is 1320. The van der Waals surface area contributed by atoms with Crippen molar-refractivity contribution >= 4 is 15.9 Å². The van der Waals surface area contributed by atoms with Gasteiger partial charge in [0.05, 0.1) is 11.9 Å². The number of carbonyl (C=O) groups excluding carboxylic acids is 1. The molecule has 9 nitrogen and oxygen atoms in total. The molecule has 1 amide bonds. The van der Waals surface area contributed by atoms with E-state index in [1.54, 1.807) is 0 Å². The molecule has 0 bridgehead atoms. The van der Waals surface area contributed by atoms with Gasteiger partial charge in [-0.05, 0) is 63.5 Å². The maximum Gasteiger partial charge on any atom is 0.222 e. The number of amides is 1. The number of carbonyl (C=O) groups is 1. The molecule has 1 aromatic carbocycles. The van der Waals surface area contributed by atoms with Crippen LogP contribution < -0.4 is 0 Å². The Morgan fingerprint density at radius 3 is 2.48 bits per heavy atom. The van der Waals surface area contributed by atoms with E-state index in [9.17, 15) is 17.6 Å². The monoisotopic (exact) mass is 574 g/mol. The summed E-state index contributed by atoms with van der Waals surface area (Å²) >= 11 is 0. The van der Waals surface area contributed by atoms with Crippen molar-refractivity contribution in [3.63, 3.8) is 0 Å². The Balaban J connectivity index is 1.31. The summed E-state index contributed by atoms with van der Waals surface area (Å²) in [5, 5.41) is 5.03. The van der Waals surface area contributed by atoms with E-state index in [1.807, 2.05) is 37.2 Å². The number of nitrogens with zero attached hydrogens (tertiary/aromatic N) is 6. The molecule has 2 aromatic rings. The first-order valence-corrected chi connectivity index (χ1v) is 16.4. The Morgan fingerprint density at radius 2 is 1.82 bits per heavy atom. The maximum atomic E-state index is 13.7. The molecule has 1 aromatic heterocycles. The minimum absolute atomic E-state index is 0.306. The lowest BCUT2D eigenvalue weighted by atomic mass is 9.98. The highest BCUT2D eigenvalue weighted by atomic mass is 32.2. The first-order valence-electron chi connectivity index (χ1n) is 14.5. The predicted octanol–water partition coefficient (Wildman–Crippen LogP) is 2.88. The minimum atomic E-state index is -3.33. The van der Waals surface area contributed by atoms with Crippen molar-refractivity contribution in [1.82, 2.24) is 28.8 Å². The van der Waals surface area contributed by atoms with Crippen molar-refractivity contribution in [2.75, 3.05) is 53.1 Å². The molecule has 0 saturated carbocycles. The molecule has 0 aliphatic carbocycles. The number of benzene rings is 1. The molecule has 3 aliphatic heterocycles. The van der Waals surface area contributed by atoms with Crippen LogP contribution in [0.25, 0.3) is 11.3 Å². The van der Waals surface area contributed by atoms with E-state index in [1.165, 1.54) is 10.6 Å². The lowest BCUT2D eigenvalue weighted by Crippen LogP contribution is -2.45. The Hall–Kier alpha value is -2.34. The van der Waals surface area contributed by atoms with Crippen LogP contribution in [0.2, 0.25) is 0 Å².